The predicted molar refractivity (Wildman–Crippen MR) is 102 cm³/mol. The summed E-state index contributed by atoms with van der Waals surface area (Å²) in [4.78, 5) is 2.33. The van der Waals surface area contributed by atoms with Gasteiger partial charge in [-0.3, -0.25) is 4.90 Å². The first kappa shape index (κ1) is 21.8. The summed E-state index contributed by atoms with van der Waals surface area (Å²) in [6, 6.07) is 4.82. The average Bonchev–Trinajstić information content (AvgIpc) is 2.58. The molecule has 0 aromatic heterocycles. The number of piperazine rings is 1. The Kier molecular flexibility index (Phi) is 8.07. The molecular formula is C18H25BrClF3N2O. The standard InChI is InChI=1S/C18H24BrF3N2O.ClH/c19-14-6-7-16(25-18(20,21)22)15(12-14)17(13-4-2-1-3-5-13)24-10-8-23-9-11-24;/h6-7,12-13,17,23H,1-5,8-11H2;1H/t17-;/m1./s1. The Labute approximate surface area is 167 Å². The highest BCUT2D eigenvalue weighted by atomic mass is 79.9. The fraction of sp³-hybridized carbons (Fsp3) is 0.667. The van der Waals surface area contributed by atoms with Gasteiger partial charge < -0.3 is 10.1 Å². The van der Waals surface area contributed by atoms with Crippen LogP contribution in [0.5, 0.6) is 5.75 Å². The van der Waals surface area contributed by atoms with E-state index in [-0.39, 0.29) is 24.2 Å². The van der Waals surface area contributed by atoms with Gasteiger partial charge in [0.25, 0.3) is 0 Å². The van der Waals surface area contributed by atoms with Crippen molar-refractivity contribution in [2.24, 2.45) is 5.92 Å². The number of benzene rings is 1. The van der Waals surface area contributed by atoms with Gasteiger partial charge in [-0.2, -0.15) is 0 Å². The molecule has 0 amide bonds. The van der Waals surface area contributed by atoms with Gasteiger partial charge in [-0.1, -0.05) is 35.2 Å². The quantitative estimate of drug-likeness (QED) is 0.664. The Morgan fingerprint density at radius 3 is 2.38 bits per heavy atom. The molecule has 2 fully saturated rings. The minimum atomic E-state index is -4.68. The van der Waals surface area contributed by atoms with Crippen molar-refractivity contribution < 1.29 is 17.9 Å². The third kappa shape index (κ3) is 5.75. The molecule has 0 bridgehead atoms. The molecule has 1 heterocycles. The maximum atomic E-state index is 12.9. The van der Waals surface area contributed by atoms with Gasteiger partial charge in [0.1, 0.15) is 5.75 Å². The molecule has 1 aliphatic carbocycles. The second-order valence-electron chi connectivity index (χ2n) is 6.86. The van der Waals surface area contributed by atoms with E-state index in [0.29, 0.717) is 11.5 Å². The van der Waals surface area contributed by atoms with Gasteiger partial charge in [0.2, 0.25) is 0 Å². The van der Waals surface area contributed by atoms with E-state index >= 15 is 0 Å². The number of alkyl halides is 3. The van der Waals surface area contributed by atoms with Crippen LogP contribution in [-0.2, 0) is 0 Å². The highest BCUT2D eigenvalue weighted by molar-refractivity contribution is 9.10. The summed E-state index contributed by atoms with van der Waals surface area (Å²) in [6.07, 6.45) is 0.963. The lowest BCUT2D eigenvalue weighted by Gasteiger charge is -2.41. The number of hydrogen-bond acceptors (Lipinski definition) is 3. The molecule has 1 aromatic rings. The molecule has 148 valence electrons. The molecule has 0 unspecified atom stereocenters. The first-order chi connectivity index (χ1) is 11.9. The first-order valence-electron chi connectivity index (χ1n) is 8.94. The monoisotopic (exact) mass is 456 g/mol. The van der Waals surface area contributed by atoms with Crippen LogP contribution in [0.1, 0.15) is 43.7 Å². The number of nitrogens with zero attached hydrogens (tertiary/aromatic N) is 1. The highest BCUT2D eigenvalue weighted by Gasteiger charge is 2.37. The summed E-state index contributed by atoms with van der Waals surface area (Å²) in [5.41, 5.74) is 0.653. The summed E-state index contributed by atoms with van der Waals surface area (Å²) in [7, 11) is 0. The van der Waals surface area contributed by atoms with Crippen LogP contribution in [0.25, 0.3) is 0 Å². The predicted octanol–water partition coefficient (Wildman–Crippen LogP) is 5.30. The van der Waals surface area contributed by atoms with E-state index in [0.717, 1.165) is 56.3 Å². The van der Waals surface area contributed by atoms with Crippen LogP contribution in [0.15, 0.2) is 22.7 Å². The molecule has 26 heavy (non-hydrogen) atoms. The molecule has 0 spiro atoms. The van der Waals surface area contributed by atoms with E-state index in [2.05, 4.69) is 30.9 Å². The number of ether oxygens (including phenoxy) is 1. The number of hydrogen-bond donors (Lipinski definition) is 1. The topological polar surface area (TPSA) is 24.5 Å². The molecule has 2 aliphatic rings. The molecule has 1 N–H and O–H groups in total. The van der Waals surface area contributed by atoms with Crippen molar-refractivity contribution in [2.75, 3.05) is 26.2 Å². The lowest BCUT2D eigenvalue weighted by atomic mass is 9.80. The summed E-state index contributed by atoms with van der Waals surface area (Å²) in [5, 5.41) is 3.33. The Hall–Kier alpha value is -0.500. The Morgan fingerprint density at radius 2 is 1.77 bits per heavy atom. The first-order valence-corrected chi connectivity index (χ1v) is 9.73. The molecule has 1 saturated heterocycles. The maximum absolute atomic E-state index is 12.9. The molecule has 1 saturated carbocycles. The summed E-state index contributed by atoms with van der Waals surface area (Å²) >= 11 is 3.42. The van der Waals surface area contributed by atoms with Gasteiger partial charge in [0.05, 0.1) is 0 Å². The number of nitrogens with one attached hydrogen (secondary N) is 1. The Morgan fingerprint density at radius 1 is 1.12 bits per heavy atom. The molecule has 3 nitrogen and oxygen atoms in total. The van der Waals surface area contributed by atoms with Gasteiger partial charge >= 0.3 is 6.36 Å². The Balaban J connectivity index is 0.00000243. The van der Waals surface area contributed by atoms with Crippen LogP contribution in [0.4, 0.5) is 13.2 Å². The summed E-state index contributed by atoms with van der Waals surface area (Å²) < 4.78 is 43.9. The number of rotatable bonds is 4. The van der Waals surface area contributed by atoms with Crippen molar-refractivity contribution in [3.63, 3.8) is 0 Å². The zero-order chi connectivity index (χ0) is 17.9. The van der Waals surface area contributed by atoms with Crippen molar-refractivity contribution in [3.05, 3.63) is 28.2 Å². The molecule has 1 aliphatic heterocycles. The smallest absolute Gasteiger partial charge is 0.405 e. The molecule has 8 heteroatoms. The third-order valence-electron chi connectivity index (χ3n) is 5.16. The van der Waals surface area contributed by atoms with Crippen molar-refractivity contribution in [3.8, 4) is 5.75 Å². The largest absolute Gasteiger partial charge is 0.573 e. The van der Waals surface area contributed by atoms with Gasteiger partial charge in [-0.25, -0.2) is 0 Å². The molecule has 3 rings (SSSR count). The van der Waals surface area contributed by atoms with Crippen molar-refractivity contribution in [2.45, 2.75) is 44.5 Å². The molecule has 0 radical (unpaired) electrons. The van der Waals surface area contributed by atoms with E-state index in [1.165, 1.54) is 12.5 Å². The van der Waals surface area contributed by atoms with Gasteiger partial charge in [0, 0.05) is 42.3 Å². The highest BCUT2D eigenvalue weighted by Crippen LogP contribution is 2.43. The van der Waals surface area contributed by atoms with Crippen LogP contribution in [0, 0.1) is 5.92 Å². The van der Waals surface area contributed by atoms with Crippen molar-refractivity contribution >= 4 is 28.3 Å². The molecule has 1 aromatic carbocycles. The zero-order valence-corrected chi connectivity index (χ0v) is 16.9. The van der Waals surface area contributed by atoms with Crippen LogP contribution in [0.3, 0.4) is 0 Å². The van der Waals surface area contributed by atoms with Crippen LogP contribution >= 0.6 is 28.3 Å². The maximum Gasteiger partial charge on any atom is 0.573 e. The Bertz CT molecular complexity index is 558. The SMILES string of the molecule is Cl.FC(F)(F)Oc1ccc(Br)cc1[C@@H](C1CCCCC1)N1CCNCC1. The summed E-state index contributed by atoms with van der Waals surface area (Å²) in [6.45, 7) is 3.43. The van der Waals surface area contributed by atoms with Crippen LogP contribution < -0.4 is 10.1 Å². The lowest BCUT2D eigenvalue weighted by Crippen LogP contribution is -2.47. The van der Waals surface area contributed by atoms with E-state index in [1.807, 2.05) is 6.07 Å². The fourth-order valence-electron chi connectivity index (χ4n) is 4.13. The lowest BCUT2D eigenvalue weighted by molar-refractivity contribution is -0.275. The van der Waals surface area contributed by atoms with Gasteiger partial charge in [-0.15, -0.1) is 25.6 Å². The van der Waals surface area contributed by atoms with Gasteiger partial charge in [0.15, 0.2) is 0 Å². The summed E-state index contributed by atoms with van der Waals surface area (Å²) in [5.74, 6) is 0.307. The number of halogens is 5. The van der Waals surface area contributed by atoms with Crippen LogP contribution in [-0.4, -0.2) is 37.4 Å². The minimum Gasteiger partial charge on any atom is -0.405 e. The van der Waals surface area contributed by atoms with E-state index in [9.17, 15) is 13.2 Å². The van der Waals surface area contributed by atoms with E-state index in [4.69, 9.17) is 0 Å². The zero-order valence-electron chi connectivity index (χ0n) is 14.5. The third-order valence-corrected chi connectivity index (χ3v) is 5.65. The second-order valence-corrected chi connectivity index (χ2v) is 7.77. The normalized spacial score (nSPS) is 21.1. The van der Waals surface area contributed by atoms with Crippen molar-refractivity contribution in [1.29, 1.82) is 0 Å². The fourth-order valence-corrected chi connectivity index (χ4v) is 4.51. The van der Waals surface area contributed by atoms with E-state index < -0.39 is 6.36 Å². The minimum absolute atomic E-state index is 0. The molecule has 1 atom stereocenters. The van der Waals surface area contributed by atoms with Crippen LogP contribution in [0.2, 0.25) is 0 Å². The van der Waals surface area contributed by atoms with Gasteiger partial charge in [-0.05, 0) is 37.0 Å². The van der Waals surface area contributed by atoms with E-state index in [1.54, 1.807) is 6.07 Å². The second kappa shape index (κ2) is 9.62. The molecular weight excluding hydrogens is 433 g/mol. The average molecular weight is 458 g/mol. The van der Waals surface area contributed by atoms with Crippen molar-refractivity contribution in [1.82, 2.24) is 10.2 Å².